The smallest absolute Gasteiger partial charge is 0.136 e. The first kappa shape index (κ1) is 26.3. The second-order valence-electron chi connectivity index (χ2n) is 14.0. The molecule has 12 atom stereocenters. The molecule has 0 heterocycles. The molecule has 0 saturated heterocycles. The summed E-state index contributed by atoms with van der Waals surface area (Å²) < 4.78 is 0. The Hall–Kier alpha value is -0.750. The SMILES string of the molecule is C=C([C@@H](O)[C@H](O)[C@@H](C)[C@H]1CCC2C3CC(=O)C4C[C@H](O)[C@H](O)CC4(C)C3CCC21C)C(C)(C)C. The fraction of sp³-hybridized carbons (Fsp3) is 0.897. The van der Waals surface area contributed by atoms with Crippen LogP contribution in [-0.2, 0) is 4.79 Å². The maximum Gasteiger partial charge on any atom is 0.136 e. The summed E-state index contributed by atoms with van der Waals surface area (Å²) in [7, 11) is 0. The van der Waals surface area contributed by atoms with Gasteiger partial charge < -0.3 is 20.4 Å². The molecule has 194 valence electrons. The fourth-order valence-corrected chi connectivity index (χ4v) is 9.15. The van der Waals surface area contributed by atoms with Gasteiger partial charge in [0.15, 0.2) is 0 Å². The van der Waals surface area contributed by atoms with Crippen molar-refractivity contribution in [3.05, 3.63) is 12.2 Å². The standard InChI is InChI=1S/C29H48O5/c1-15(25(33)26(34)16(2)27(3,4)5)18-8-9-19-17-12-22(30)21-13-23(31)24(32)14-29(21,7)20(17)10-11-28(18,19)6/h15,17-21,23-26,31-34H,2,8-14H2,1,3-7H3/t15-,17?,18+,19?,20?,21?,23-,24+,25+,26+,28?,29?/m0/s1. The molecule has 0 amide bonds. The van der Waals surface area contributed by atoms with Gasteiger partial charge in [-0.3, -0.25) is 4.79 Å². The maximum atomic E-state index is 13.3. The molecule has 4 aliphatic carbocycles. The van der Waals surface area contributed by atoms with Crippen molar-refractivity contribution in [1.82, 2.24) is 0 Å². The summed E-state index contributed by atoms with van der Waals surface area (Å²) in [5, 5.41) is 42.9. The molecule has 5 heteroatoms. The Bertz CT molecular complexity index is 816. The zero-order chi connectivity index (χ0) is 25.4. The summed E-state index contributed by atoms with van der Waals surface area (Å²) in [6.45, 7) is 16.8. The third-order valence-corrected chi connectivity index (χ3v) is 11.4. The third-order valence-electron chi connectivity index (χ3n) is 11.4. The van der Waals surface area contributed by atoms with Crippen LogP contribution >= 0.6 is 0 Å². The van der Waals surface area contributed by atoms with Crippen molar-refractivity contribution in [2.24, 2.45) is 51.8 Å². The summed E-state index contributed by atoms with van der Waals surface area (Å²) in [5.41, 5.74) is 0.183. The van der Waals surface area contributed by atoms with Crippen molar-refractivity contribution in [3.8, 4) is 0 Å². The number of fused-ring (bicyclic) bond motifs is 5. The average Bonchev–Trinajstić information content (AvgIpc) is 3.10. The lowest BCUT2D eigenvalue weighted by Crippen LogP contribution is -2.59. The maximum absolute atomic E-state index is 13.3. The molecule has 4 fully saturated rings. The van der Waals surface area contributed by atoms with Crippen LogP contribution in [0.2, 0.25) is 0 Å². The minimum atomic E-state index is -0.944. The van der Waals surface area contributed by atoms with Crippen LogP contribution in [0, 0.1) is 51.8 Å². The highest BCUT2D eigenvalue weighted by atomic mass is 16.3. The van der Waals surface area contributed by atoms with Gasteiger partial charge in [-0.1, -0.05) is 48.1 Å². The van der Waals surface area contributed by atoms with E-state index in [1.165, 1.54) is 0 Å². The highest BCUT2D eigenvalue weighted by Crippen LogP contribution is 2.67. The van der Waals surface area contributed by atoms with Crippen LogP contribution < -0.4 is 0 Å². The molecular weight excluding hydrogens is 428 g/mol. The second kappa shape index (κ2) is 8.68. The summed E-state index contributed by atoms with van der Waals surface area (Å²) >= 11 is 0. The van der Waals surface area contributed by atoms with Gasteiger partial charge in [0.25, 0.3) is 0 Å². The van der Waals surface area contributed by atoms with E-state index in [4.69, 9.17) is 0 Å². The number of Topliss-reactive ketones (excluding diaryl/α,β-unsaturated/α-hetero) is 1. The van der Waals surface area contributed by atoms with Crippen LogP contribution in [-0.4, -0.2) is 50.6 Å². The van der Waals surface area contributed by atoms with Crippen LogP contribution in [0.3, 0.4) is 0 Å². The number of hydrogen-bond donors (Lipinski definition) is 4. The van der Waals surface area contributed by atoms with Crippen LogP contribution in [0.5, 0.6) is 0 Å². The van der Waals surface area contributed by atoms with Gasteiger partial charge in [0.05, 0.1) is 18.3 Å². The monoisotopic (exact) mass is 476 g/mol. The zero-order valence-electron chi connectivity index (χ0n) is 22.1. The van der Waals surface area contributed by atoms with Crippen LogP contribution in [0.25, 0.3) is 0 Å². The van der Waals surface area contributed by atoms with E-state index in [9.17, 15) is 25.2 Å². The first-order valence-electron chi connectivity index (χ1n) is 13.6. The Labute approximate surface area is 206 Å². The van der Waals surface area contributed by atoms with Gasteiger partial charge in [0.1, 0.15) is 11.9 Å². The Kier molecular flexibility index (Phi) is 6.72. The normalized spacial score (nSPS) is 47.2. The van der Waals surface area contributed by atoms with Gasteiger partial charge >= 0.3 is 0 Å². The van der Waals surface area contributed by atoms with Gasteiger partial charge in [0, 0.05) is 12.3 Å². The molecule has 0 spiro atoms. The van der Waals surface area contributed by atoms with Gasteiger partial charge in [0.2, 0.25) is 0 Å². The quantitative estimate of drug-likeness (QED) is 0.458. The molecular formula is C29H48O5. The molecule has 4 saturated carbocycles. The number of ketones is 1. The molecule has 0 aromatic carbocycles. The molecule has 0 aromatic rings. The lowest BCUT2D eigenvalue weighted by atomic mass is 9.44. The second-order valence-corrected chi connectivity index (χ2v) is 14.0. The van der Waals surface area contributed by atoms with Crippen molar-refractivity contribution in [1.29, 1.82) is 0 Å². The minimum Gasteiger partial charge on any atom is -0.390 e. The van der Waals surface area contributed by atoms with Crippen molar-refractivity contribution >= 4 is 5.78 Å². The molecule has 0 aliphatic heterocycles. The first-order valence-corrected chi connectivity index (χ1v) is 13.6. The van der Waals surface area contributed by atoms with Crippen molar-refractivity contribution in [3.63, 3.8) is 0 Å². The summed E-state index contributed by atoms with van der Waals surface area (Å²) in [6.07, 6.45) is 2.28. The number of aliphatic hydroxyl groups excluding tert-OH is 4. The highest BCUT2D eigenvalue weighted by molar-refractivity contribution is 5.83. The summed E-state index contributed by atoms with van der Waals surface area (Å²) in [5.74, 6) is 1.46. The van der Waals surface area contributed by atoms with Gasteiger partial charge in [-0.25, -0.2) is 0 Å². The van der Waals surface area contributed by atoms with Crippen LogP contribution in [0.1, 0.15) is 86.5 Å². The number of hydrogen-bond acceptors (Lipinski definition) is 5. The number of aliphatic hydroxyl groups is 4. The van der Waals surface area contributed by atoms with Crippen LogP contribution in [0.4, 0.5) is 0 Å². The van der Waals surface area contributed by atoms with Gasteiger partial charge in [-0.15, -0.1) is 0 Å². The first-order chi connectivity index (χ1) is 15.6. The molecule has 4 aliphatic rings. The average molecular weight is 477 g/mol. The zero-order valence-corrected chi connectivity index (χ0v) is 22.1. The fourth-order valence-electron chi connectivity index (χ4n) is 9.15. The molecule has 0 aromatic heterocycles. The van der Waals surface area contributed by atoms with E-state index >= 15 is 0 Å². The van der Waals surface area contributed by atoms with Gasteiger partial charge in [-0.05, 0) is 89.9 Å². The molecule has 0 radical (unpaired) electrons. The number of rotatable bonds is 4. The van der Waals surface area contributed by atoms with Gasteiger partial charge in [-0.2, -0.15) is 0 Å². The Morgan fingerprint density at radius 3 is 2.26 bits per heavy atom. The molecule has 4 rings (SSSR count). The summed E-state index contributed by atoms with van der Waals surface area (Å²) in [4.78, 5) is 13.3. The van der Waals surface area contributed by atoms with E-state index in [2.05, 4.69) is 27.4 Å². The molecule has 0 bridgehead atoms. The van der Waals surface area contributed by atoms with Crippen molar-refractivity contribution in [2.45, 2.75) is 111 Å². The van der Waals surface area contributed by atoms with E-state index in [0.717, 1.165) is 25.7 Å². The molecule has 6 unspecified atom stereocenters. The highest BCUT2D eigenvalue weighted by Gasteiger charge is 2.63. The van der Waals surface area contributed by atoms with E-state index in [1.54, 1.807) is 0 Å². The van der Waals surface area contributed by atoms with E-state index < -0.39 is 24.4 Å². The van der Waals surface area contributed by atoms with Crippen molar-refractivity contribution in [2.75, 3.05) is 0 Å². The lowest BCUT2D eigenvalue weighted by Gasteiger charge is -2.61. The third kappa shape index (κ3) is 3.93. The Balaban J connectivity index is 1.56. The Morgan fingerprint density at radius 2 is 1.65 bits per heavy atom. The number of carbonyl (C=O) groups is 1. The number of carbonyl (C=O) groups excluding carboxylic acids is 1. The molecule has 4 N–H and O–H groups in total. The summed E-state index contributed by atoms with van der Waals surface area (Å²) in [6, 6.07) is 0. The van der Waals surface area contributed by atoms with Crippen LogP contribution in [0.15, 0.2) is 12.2 Å². The largest absolute Gasteiger partial charge is 0.390 e. The van der Waals surface area contributed by atoms with E-state index in [-0.39, 0.29) is 39.8 Å². The Morgan fingerprint density at radius 1 is 1.03 bits per heavy atom. The van der Waals surface area contributed by atoms with Crippen molar-refractivity contribution < 1.29 is 25.2 Å². The molecule has 34 heavy (non-hydrogen) atoms. The van der Waals surface area contributed by atoms with E-state index in [0.29, 0.717) is 42.6 Å². The minimum absolute atomic E-state index is 0.0284. The predicted octanol–water partition coefficient (Wildman–Crippen LogP) is 4.12. The predicted molar refractivity (Wildman–Crippen MR) is 133 cm³/mol. The topological polar surface area (TPSA) is 98.0 Å². The van der Waals surface area contributed by atoms with E-state index in [1.807, 2.05) is 20.8 Å². The lowest BCUT2D eigenvalue weighted by molar-refractivity contribution is -0.174. The molecule has 5 nitrogen and oxygen atoms in total.